The van der Waals surface area contributed by atoms with Gasteiger partial charge in [-0.3, -0.25) is 0 Å². The molecular formula is C21H23N3O. The average Bonchev–Trinajstić information content (AvgIpc) is 2.62. The predicted molar refractivity (Wildman–Crippen MR) is 101 cm³/mol. The van der Waals surface area contributed by atoms with E-state index in [9.17, 15) is 0 Å². The maximum atomic E-state index is 5.86. The predicted octanol–water partition coefficient (Wildman–Crippen LogP) is 4.85. The lowest BCUT2D eigenvalue weighted by Gasteiger charge is -2.10. The summed E-state index contributed by atoms with van der Waals surface area (Å²) in [6, 6.07) is 16.3. The zero-order valence-electron chi connectivity index (χ0n) is 14.9. The smallest absolute Gasteiger partial charge is 0.132 e. The Hall–Kier alpha value is -2.88. The van der Waals surface area contributed by atoms with Crippen molar-refractivity contribution in [2.75, 3.05) is 11.9 Å². The van der Waals surface area contributed by atoms with Gasteiger partial charge >= 0.3 is 0 Å². The van der Waals surface area contributed by atoms with Gasteiger partial charge < -0.3 is 10.1 Å². The molecule has 2 aromatic carbocycles. The number of nitrogens with zero attached hydrogens (tertiary/aromatic N) is 2. The first-order valence-corrected chi connectivity index (χ1v) is 8.47. The van der Waals surface area contributed by atoms with Crippen molar-refractivity contribution in [2.24, 2.45) is 0 Å². The molecule has 1 N–H and O–H groups in total. The molecule has 0 radical (unpaired) electrons. The van der Waals surface area contributed by atoms with Gasteiger partial charge in [0.25, 0.3) is 0 Å². The Morgan fingerprint density at radius 3 is 2.16 bits per heavy atom. The van der Waals surface area contributed by atoms with Crippen LogP contribution in [0.1, 0.15) is 22.4 Å². The maximum absolute atomic E-state index is 5.86. The SMILES string of the molecule is Cc1ccc(Oc2ccc(CCNc3ncnc(C)c3C)cc2)cc1. The summed E-state index contributed by atoms with van der Waals surface area (Å²) in [7, 11) is 0. The molecule has 0 unspecified atom stereocenters. The number of rotatable bonds is 6. The highest BCUT2D eigenvalue weighted by molar-refractivity contribution is 5.44. The third kappa shape index (κ3) is 4.57. The van der Waals surface area contributed by atoms with Crippen LogP contribution in [0.2, 0.25) is 0 Å². The van der Waals surface area contributed by atoms with Crippen molar-refractivity contribution < 1.29 is 4.74 Å². The summed E-state index contributed by atoms with van der Waals surface area (Å²) in [5.74, 6) is 2.62. The summed E-state index contributed by atoms with van der Waals surface area (Å²) in [5, 5.41) is 3.38. The third-order valence-electron chi connectivity index (χ3n) is 4.22. The van der Waals surface area contributed by atoms with Crippen molar-refractivity contribution >= 4 is 5.82 Å². The molecule has 4 nitrogen and oxygen atoms in total. The second-order valence-corrected chi connectivity index (χ2v) is 6.17. The van der Waals surface area contributed by atoms with Gasteiger partial charge in [0.2, 0.25) is 0 Å². The Morgan fingerprint density at radius 2 is 1.48 bits per heavy atom. The first-order chi connectivity index (χ1) is 12.1. The second kappa shape index (κ2) is 7.79. The van der Waals surface area contributed by atoms with Crippen LogP contribution in [0.5, 0.6) is 11.5 Å². The summed E-state index contributed by atoms with van der Waals surface area (Å²) in [5.41, 5.74) is 4.59. The molecule has 0 amide bonds. The summed E-state index contributed by atoms with van der Waals surface area (Å²) in [4.78, 5) is 8.48. The molecule has 1 aromatic heterocycles. The Balaban J connectivity index is 1.54. The van der Waals surface area contributed by atoms with Crippen LogP contribution in [-0.2, 0) is 6.42 Å². The third-order valence-corrected chi connectivity index (χ3v) is 4.22. The first kappa shape index (κ1) is 17.0. The van der Waals surface area contributed by atoms with E-state index in [-0.39, 0.29) is 0 Å². The van der Waals surface area contributed by atoms with E-state index in [2.05, 4.69) is 34.3 Å². The number of aryl methyl sites for hydroxylation is 2. The van der Waals surface area contributed by atoms with Crippen LogP contribution in [-0.4, -0.2) is 16.5 Å². The van der Waals surface area contributed by atoms with E-state index in [0.29, 0.717) is 0 Å². The van der Waals surface area contributed by atoms with E-state index < -0.39 is 0 Å². The van der Waals surface area contributed by atoms with E-state index in [1.165, 1.54) is 11.1 Å². The highest BCUT2D eigenvalue weighted by Crippen LogP contribution is 2.22. The number of aromatic nitrogens is 2. The fourth-order valence-electron chi connectivity index (χ4n) is 2.51. The molecule has 0 aliphatic carbocycles. The van der Waals surface area contributed by atoms with E-state index in [4.69, 9.17) is 4.74 Å². The molecule has 0 spiro atoms. The van der Waals surface area contributed by atoms with Gasteiger partial charge in [0.1, 0.15) is 23.6 Å². The van der Waals surface area contributed by atoms with Crippen molar-refractivity contribution in [1.82, 2.24) is 9.97 Å². The lowest BCUT2D eigenvalue weighted by molar-refractivity contribution is 0.482. The number of hydrogen-bond acceptors (Lipinski definition) is 4. The van der Waals surface area contributed by atoms with Gasteiger partial charge in [-0.1, -0.05) is 29.8 Å². The van der Waals surface area contributed by atoms with Crippen LogP contribution in [0, 0.1) is 20.8 Å². The van der Waals surface area contributed by atoms with Gasteiger partial charge in [0, 0.05) is 17.8 Å². The molecular weight excluding hydrogens is 310 g/mol. The summed E-state index contributed by atoms with van der Waals surface area (Å²) >= 11 is 0. The van der Waals surface area contributed by atoms with E-state index in [1.807, 2.05) is 50.2 Å². The van der Waals surface area contributed by atoms with Crippen molar-refractivity contribution in [3.05, 3.63) is 77.2 Å². The quantitative estimate of drug-likeness (QED) is 0.700. The van der Waals surface area contributed by atoms with Crippen LogP contribution in [0.15, 0.2) is 54.9 Å². The van der Waals surface area contributed by atoms with Crippen LogP contribution in [0.4, 0.5) is 5.82 Å². The fourth-order valence-corrected chi connectivity index (χ4v) is 2.51. The Bertz CT molecular complexity index is 827. The molecule has 0 saturated heterocycles. The molecule has 25 heavy (non-hydrogen) atoms. The minimum absolute atomic E-state index is 0.829. The molecule has 0 atom stereocenters. The standard InChI is InChI=1S/C21H23N3O/c1-15-4-8-19(9-5-15)25-20-10-6-18(7-11-20)12-13-22-21-16(2)17(3)23-14-24-21/h4-11,14H,12-13H2,1-3H3,(H,22,23,24). The largest absolute Gasteiger partial charge is 0.457 e. The highest BCUT2D eigenvalue weighted by atomic mass is 16.5. The normalized spacial score (nSPS) is 10.5. The van der Waals surface area contributed by atoms with Crippen LogP contribution < -0.4 is 10.1 Å². The molecule has 3 rings (SSSR count). The average molecular weight is 333 g/mol. The molecule has 3 aromatic rings. The number of anilines is 1. The molecule has 1 heterocycles. The molecule has 0 fully saturated rings. The maximum Gasteiger partial charge on any atom is 0.132 e. The van der Waals surface area contributed by atoms with E-state index in [0.717, 1.165) is 41.5 Å². The number of benzene rings is 2. The van der Waals surface area contributed by atoms with Crippen LogP contribution in [0.3, 0.4) is 0 Å². The lowest BCUT2D eigenvalue weighted by Crippen LogP contribution is -2.08. The molecule has 128 valence electrons. The summed E-state index contributed by atoms with van der Waals surface area (Å²) < 4.78 is 5.86. The van der Waals surface area contributed by atoms with Gasteiger partial charge in [-0.2, -0.15) is 0 Å². The summed E-state index contributed by atoms with van der Waals surface area (Å²) in [6.07, 6.45) is 2.52. The van der Waals surface area contributed by atoms with Gasteiger partial charge in [0.15, 0.2) is 0 Å². The summed E-state index contributed by atoms with van der Waals surface area (Å²) in [6.45, 7) is 6.93. The fraction of sp³-hybridized carbons (Fsp3) is 0.238. The molecule has 4 heteroatoms. The minimum Gasteiger partial charge on any atom is -0.457 e. The molecule has 0 aliphatic heterocycles. The molecule has 0 bridgehead atoms. The Labute approximate surface area is 148 Å². The van der Waals surface area contributed by atoms with Gasteiger partial charge in [-0.15, -0.1) is 0 Å². The zero-order chi connectivity index (χ0) is 17.6. The lowest BCUT2D eigenvalue weighted by atomic mass is 10.1. The van der Waals surface area contributed by atoms with Crippen molar-refractivity contribution in [2.45, 2.75) is 27.2 Å². The van der Waals surface area contributed by atoms with E-state index in [1.54, 1.807) is 6.33 Å². The topological polar surface area (TPSA) is 47.0 Å². The molecule has 0 aliphatic rings. The van der Waals surface area contributed by atoms with Crippen LogP contribution >= 0.6 is 0 Å². The number of hydrogen-bond donors (Lipinski definition) is 1. The zero-order valence-corrected chi connectivity index (χ0v) is 14.9. The van der Waals surface area contributed by atoms with Crippen molar-refractivity contribution in [1.29, 1.82) is 0 Å². The van der Waals surface area contributed by atoms with Gasteiger partial charge in [0.05, 0.1) is 0 Å². The van der Waals surface area contributed by atoms with Crippen molar-refractivity contribution in [3.8, 4) is 11.5 Å². The Morgan fingerprint density at radius 1 is 0.840 bits per heavy atom. The van der Waals surface area contributed by atoms with E-state index >= 15 is 0 Å². The molecule has 0 saturated carbocycles. The number of ether oxygens (including phenoxy) is 1. The van der Waals surface area contributed by atoms with Crippen molar-refractivity contribution in [3.63, 3.8) is 0 Å². The Kier molecular flexibility index (Phi) is 5.29. The van der Waals surface area contributed by atoms with Gasteiger partial charge in [-0.25, -0.2) is 9.97 Å². The first-order valence-electron chi connectivity index (χ1n) is 8.47. The van der Waals surface area contributed by atoms with Gasteiger partial charge in [-0.05, 0) is 57.0 Å². The second-order valence-electron chi connectivity index (χ2n) is 6.17. The monoisotopic (exact) mass is 333 g/mol. The highest BCUT2D eigenvalue weighted by Gasteiger charge is 2.03. The number of nitrogens with one attached hydrogen (secondary N) is 1. The van der Waals surface area contributed by atoms with Crippen LogP contribution in [0.25, 0.3) is 0 Å². The minimum atomic E-state index is 0.829.